The van der Waals surface area contributed by atoms with Gasteiger partial charge in [0.15, 0.2) is 0 Å². The summed E-state index contributed by atoms with van der Waals surface area (Å²) in [6.45, 7) is 1.48. The molecule has 0 unspecified atom stereocenters. The molecule has 0 aliphatic rings. The molecule has 0 aliphatic carbocycles. The van der Waals surface area contributed by atoms with E-state index < -0.39 is 0 Å². The van der Waals surface area contributed by atoms with E-state index in [-0.39, 0.29) is 0 Å². The molecule has 19 heavy (non-hydrogen) atoms. The lowest BCUT2D eigenvalue weighted by Gasteiger charge is -2.08. The standard InChI is InChI=1S/C15H15Cl2NO/c16-12-9-13(17)11-15(10-12)19-8-4-7-18-14-5-2-1-3-6-14/h1-3,5-6,9-11,18H,4,7-8H2. The van der Waals surface area contributed by atoms with E-state index >= 15 is 0 Å². The maximum Gasteiger partial charge on any atom is 0.122 e. The van der Waals surface area contributed by atoms with Crippen molar-refractivity contribution in [2.75, 3.05) is 18.5 Å². The summed E-state index contributed by atoms with van der Waals surface area (Å²) in [7, 11) is 0. The summed E-state index contributed by atoms with van der Waals surface area (Å²) >= 11 is 11.8. The monoisotopic (exact) mass is 295 g/mol. The molecule has 2 nitrogen and oxygen atoms in total. The van der Waals surface area contributed by atoms with Gasteiger partial charge in [0.1, 0.15) is 5.75 Å². The summed E-state index contributed by atoms with van der Waals surface area (Å²) in [5.41, 5.74) is 1.12. The third-order valence-corrected chi connectivity index (χ3v) is 2.97. The first-order valence-corrected chi connectivity index (χ1v) is 6.87. The predicted octanol–water partition coefficient (Wildman–Crippen LogP) is 4.87. The Hall–Kier alpha value is -1.38. The van der Waals surface area contributed by atoms with E-state index in [1.54, 1.807) is 18.2 Å². The molecule has 0 bridgehead atoms. The summed E-state index contributed by atoms with van der Waals surface area (Å²) in [6, 6.07) is 15.3. The van der Waals surface area contributed by atoms with Crippen molar-refractivity contribution >= 4 is 28.9 Å². The van der Waals surface area contributed by atoms with Gasteiger partial charge < -0.3 is 10.1 Å². The van der Waals surface area contributed by atoms with Crippen LogP contribution in [0.4, 0.5) is 5.69 Å². The fourth-order valence-electron chi connectivity index (χ4n) is 1.66. The van der Waals surface area contributed by atoms with Crippen LogP contribution in [0.25, 0.3) is 0 Å². The summed E-state index contributed by atoms with van der Waals surface area (Å²) in [4.78, 5) is 0. The lowest BCUT2D eigenvalue weighted by Crippen LogP contribution is -2.07. The molecule has 0 heterocycles. The van der Waals surface area contributed by atoms with Crippen molar-refractivity contribution in [3.63, 3.8) is 0 Å². The molecule has 100 valence electrons. The zero-order valence-corrected chi connectivity index (χ0v) is 11.9. The van der Waals surface area contributed by atoms with Crippen LogP contribution in [-0.2, 0) is 0 Å². The van der Waals surface area contributed by atoms with Crippen LogP contribution in [-0.4, -0.2) is 13.2 Å². The number of anilines is 1. The van der Waals surface area contributed by atoms with Gasteiger partial charge in [-0.2, -0.15) is 0 Å². The third-order valence-electron chi connectivity index (χ3n) is 2.53. The smallest absolute Gasteiger partial charge is 0.122 e. The Labute approximate surface area is 123 Å². The highest BCUT2D eigenvalue weighted by molar-refractivity contribution is 6.34. The van der Waals surface area contributed by atoms with Crippen molar-refractivity contribution in [2.24, 2.45) is 0 Å². The number of benzene rings is 2. The molecule has 0 spiro atoms. The number of para-hydroxylation sites is 1. The van der Waals surface area contributed by atoms with Gasteiger partial charge in [0, 0.05) is 22.3 Å². The molecule has 0 aliphatic heterocycles. The Morgan fingerprint density at radius 3 is 2.32 bits per heavy atom. The highest BCUT2D eigenvalue weighted by Crippen LogP contribution is 2.24. The summed E-state index contributed by atoms with van der Waals surface area (Å²) < 4.78 is 5.60. The molecular weight excluding hydrogens is 281 g/mol. The van der Waals surface area contributed by atoms with Gasteiger partial charge in [0.2, 0.25) is 0 Å². The van der Waals surface area contributed by atoms with Crippen molar-refractivity contribution in [1.82, 2.24) is 0 Å². The maximum absolute atomic E-state index is 5.89. The average Bonchev–Trinajstić information content (AvgIpc) is 2.38. The summed E-state index contributed by atoms with van der Waals surface area (Å²) in [6.07, 6.45) is 0.902. The molecule has 2 aromatic carbocycles. The average molecular weight is 296 g/mol. The largest absolute Gasteiger partial charge is 0.493 e. The molecule has 4 heteroatoms. The third kappa shape index (κ3) is 5.01. The zero-order chi connectivity index (χ0) is 13.5. The van der Waals surface area contributed by atoms with E-state index in [2.05, 4.69) is 5.32 Å². The van der Waals surface area contributed by atoms with Crippen molar-refractivity contribution < 1.29 is 4.74 Å². The molecule has 0 saturated carbocycles. The van der Waals surface area contributed by atoms with Gasteiger partial charge in [-0.3, -0.25) is 0 Å². The molecular formula is C15H15Cl2NO. The van der Waals surface area contributed by atoms with E-state index in [0.717, 1.165) is 18.7 Å². The molecule has 2 aromatic rings. The van der Waals surface area contributed by atoms with Crippen molar-refractivity contribution in [2.45, 2.75) is 6.42 Å². The minimum absolute atomic E-state index is 0.588. The van der Waals surface area contributed by atoms with E-state index in [9.17, 15) is 0 Å². The first kappa shape index (κ1) is 14.0. The van der Waals surface area contributed by atoms with Gasteiger partial charge >= 0.3 is 0 Å². The SMILES string of the molecule is Clc1cc(Cl)cc(OCCCNc2ccccc2)c1. The number of nitrogens with one attached hydrogen (secondary N) is 1. The van der Waals surface area contributed by atoms with Crippen molar-refractivity contribution in [1.29, 1.82) is 0 Å². The van der Waals surface area contributed by atoms with Crippen LogP contribution in [0.1, 0.15) is 6.42 Å². The fourth-order valence-corrected chi connectivity index (χ4v) is 2.17. The number of ether oxygens (including phenoxy) is 1. The van der Waals surface area contributed by atoms with E-state index in [4.69, 9.17) is 27.9 Å². The first-order valence-electron chi connectivity index (χ1n) is 6.12. The number of hydrogen-bond donors (Lipinski definition) is 1. The lowest BCUT2D eigenvalue weighted by atomic mass is 10.3. The van der Waals surface area contributed by atoms with E-state index in [1.165, 1.54) is 0 Å². The van der Waals surface area contributed by atoms with Gasteiger partial charge in [-0.15, -0.1) is 0 Å². The Morgan fingerprint density at radius 2 is 1.63 bits per heavy atom. The second kappa shape index (κ2) is 7.27. The summed E-state index contributed by atoms with van der Waals surface area (Å²) in [5, 5.41) is 4.50. The van der Waals surface area contributed by atoms with E-state index in [0.29, 0.717) is 22.4 Å². The Kier molecular flexibility index (Phi) is 5.37. The Balaban J connectivity index is 1.69. The predicted molar refractivity (Wildman–Crippen MR) is 81.5 cm³/mol. The fraction of sp³-hybridized carbons (Fsp3) is 0.200. The number of rotatable bonds is 6. The summed E-state index contributed by atoms with van der Waals surface area (Å²) in [5.74, 6) is 0.706. The Bertz CT molecular complexity index is 497. The van der Waals surface area contributed by atoms with Crippen LogP contribution in [0.15, 0.2) is 48.5 Å². The minimum Gasteiger partial charge on any atom is -0.493 e. The lowest BCUT2D eigenvalue weighted by molar-refractivity contribution is 0.315. The molecule has 2 rings (SSSR count). The second-order valence-electron chi connectivity index (χ2n) is 4.10. The quantitative estimate of drug-likeness (QED) is 0.767. The van der Waals surface area contributed by atoms with Crippen LogP contribution in [0.5, 0.6) is 5.75 Å². The van der Waals surface area contributed by atoms with Crippen LogP contribution in [0.2, 0.25) is 10.0 Å². The maximum atomic E-state index is 5.89. The highest BCUT2D eigenvalue weighted by Gasteiger charge is 1.99. The molecule has 0 saturated heterocycles. The van der Waals surface area contributed by atoms with E-state index in [1.807, 2.05) is 30.3 Å². The van der Waals surface area contributed by atoms with Gasteiger partial charge in [-0.1, -0.05) is 41.4 Å². The molecule has 0 atom stereocenters. The molecule has 0 aromatic heterocycles. The van der Waals surface area contributed by atoms with Crippen molar-refractivity contribution in [3.05, 3.63) is 58.6 Å². The van der Waals surface area contributed by atoms with Crippen LogP contribution >= 0.6 is 23.2 Å². The van der Waals surface area contributed by atoms with Gasteiger partial charge in [-0.25, -0.2) is 0 Å². The minimum atomic E-state index is 0.588. The second-order valence-corrected chi connectivity index (χ2v) is 4.97. The van der Waals surface area contributed by atoms with Gasteiger partial charge in [-0.05, 0) is 36.8 Å². The number of halogens is 2. The molecule has 0 fully saturated rings. The molecule has 0 amide bonds. The molecule has 0 radical (unpaired) electrons. The van der Waals surface area contributed by atoms with Crippen molar-refractivity contribution in [3.8, 4) is 5.75 Å². The van der Waals surface area contributed by atoms with Crippen LogP contribution in [0.3, 0.4) is 0 Å². The zero-order valence-electron chi connectivity index (χ0n) is 10.4. The number of hydrogen-bond acceptors (Lipinski definition) is 2. The normalized spacial score (nSPS) is 10.2. The highest BCUT2D eigenvalue weighted by atomic mass is 35.5. The topological polar surface area (TPSA) is 21.3 Å². The van der Waals surface area contributed by atoms with Gasteiger partial charge in [0.05, 0.1) is 6.61 Å². The van der Waals surface area contributed by atoms with Crippen LogP contribution < -0.4 is 10.1 Å². The Morgan fingerprint density at radius 1 is 0.947 bits per heavy atom. The van der Waals surface area contributed by atoms with Gasteiger partial charge in [0.25, 0.3) is 0 Å². The first-order chi connectivity index (χ1) is 9.24. The van der Waals surface area contributed by atoms with Crippen LogP contribution in [0, 0.1) is 0 Å². The molecule has 1 N–H and O–H groups in total.